The number of benzene rings is 1. The van der Waals surface area contributed by atoms with E-state index in [1.165, 1.54) is 12.8 Å². The summed E-state index contributed by atoms with van der Waals surface area (Å²) in [5.41, 5.74) is 1.71. The molecule has 1 aromatic carbocycles. The molecule has 3 rings (SSSR count). The van der Waals surface area contributed by atoms with E-state index < -0.39 is 5.60 Å². The van der Waals surface area contributed by atoms with E-state index >= 15 is 0 Å². The van der Waals surface area contributed by atoms with E-state index in [-0.39, 0.29) is 6.09 Å². The number of fused-ring (bicyclic) bond motifs is 2. The smallest absolute Gasteiger partial charge is 0.407 e. The van der Waals surface area contributed by atoms with Gasteiger partial charge in [0.1, 0.15) is 5.60 Å². The third-order valence-corrected chi connectivity index (χ3v) is 4.81. The molecule has 24 heavy (non-hydrogen) atoms. The lowest BCUT2D eigenvalue weighted by atomic mass is 9.93. The fourth-order valence-electron chi connectivity index (χ4n) is 3.70. The molecule has 1 amide bonds. The van der Waals surface area contributed by atoms with E-state index in [0.29, 0.717) is 6.54 Å². The van der Waals surface area contributed by atoms with Gasteiger partial charge in [0.05, 0.1) is 0 Å². The number of amides is 1. The molecule has 2 aliphatic rings. The molecule has 1 fully saturated rings. The zero-order valence-corrected chi connectivity index (χ0v) is 14.8. The molecule has 4 heteroatoms. The highest BCUT2D eigenvalue weighted by atomic mass is 16.6. The first kappa shape index (κ1) is 16.9. The van der Waals surface area contributed by atoms with Gasteiger partial charge in [-0.2, -0.15) is 0 Å². The van der Waals surface area contributed by atoms with Gasteiger partial charge in [-0.25, -0.2) is 4.79 Å². The number of rotatable bonds is 5. The standard InChI is InChI=1S/C20H28N2O2/c1-20(2,3)24-19(23)22-12-16-6-4-5-7-18(16)21-13-17-11-14-8-9-15(17)10-14/h4-9,14-15,17,21H,10-13H2,1-3H3,(H,22,23). The molecule has 2 aliphatic carbocycles. The third-order valence-electron chi connectivity index (χ3n) is 4.81. The zero-order valence-electron chi connectivity index (χ0n) is 14.8. The maximum Gasteiger partial charge on any atom is 0.407 e. The third kappa shape index (κ3) is 4.31. The molecule has 0 aromatic heterocycles. The van der Waals surface area contributed by atoms with Crippen LogP contribution in [-0.4, -0.2) is 18.2 Å². The Morgan fingerprint density at radius 3 is 2.67 bits per heavy atom. The second-order valence-corrected chi connectivity index (χ2v) is 7.93. The van der Waals surface area contributed by atoms with Crippen LogP contribution in [0.1, 0.15) is 39.2 Å². The van der Waals surface area contributed by atoms with Crippen LogP contribution >= 0.6 is 0 Å². The molecular formula is C20H28N2O2. The Balaban J connectivity index is 1.53. The van der Waals surface area contributed by atoms with E-state index in [1.807, 2.05) is 39.0 Å². The monoisotopic (exact) mass is 328 g/mol. The van der Waals surface area contributed by atoms with Gasteiger partial charge in [-0.3, -0.25) is 0 Å². The van der Waals surface area contributed by atoms with E-state index in [9.17, 15) is 4.79 Å². The first-order valence-corrected chi connectivity index (χ1v) is 8.87. The summed E-state index contributed by atoms with van der Waals surface area (Å²) < 4.78 is 5.30. The van der Waals surface area contributed by atoms with Crippen LogP contribution in [0.3, 0.4) is 0 Å². The van der Waals surface area contributed by atoms with Crippen LogP contribution in [0.15, 0.2) is 36.4 Å². The first-order chi connectivity index (χ1) is 11.4. The van der Waals surface area contributed by atoms with E-state index in [2.05, 4.69) is 28.9 Å². The van der Waals surface area contributed by atoms with Gasteiger partial charge >= 0.3 is 6.09 Å². The lowest BCUT2D eigenvalue weighted by molar-refractivity contribution is 0.0523. The van der Waals surface area contributed by atoms with Crippen LogP contribution in [0, 0.1) is 17.8 Å². The Morgan fingerprint density at radius 1 is 1.21 bits per heavy atom. The van der Waals surface area contributed by atoms with Gasteiger partial charge in [-0.15, -0.1) is 0 Å². The number of ether oxygens (including phenoxy) is 1. The molecule has 2 N–H and O–H groups in total. The first-order valence-electron chi connectivity index (χ1n) is 8.87. The molecule has 1 saturated carbocycles. The topological polar surface area (TPSA) is 50.4 Å². The van der Waals surface area contributed by atoms with Crippen molar-refractivity contribution in [1.29, 1.82) is 0 Å². The highest BCUT2D eigenvalue weighted by Crippen LogP contribution is 2.43. The average Bonchev–Trinajstić information content (AvgIpc) is 3.12. The molecule has 0 aliphatic heterocycles. The Bertz CT molecular complexity index is 618. The van der Waals surface area contributed by atoms with Crippen molar-refractivity contribution in [2.75, 3.05) is 11.9 Å². The van der Waals surface area contributed by atoms with Crippen molar-refractivity contribution >= 4 is 11.8 Å². The summed E-state index contributed by atoms with van der Waals surface area (Å²) in [7, 11) is 0. The number of hydrogen-bond donors (Lipinski definition) is 2. The molecule has 3 unspecified atom stereocenters. The number of allylic oxidation sites excluding steroid dienone is 2. The summed E-state index contributed by atoms with van der Waals surface area (Å²) in [6.07, 6.45) is 7.01. The van der Waals surface area contributed by atoms with Crippen LogP contribution in [0.25, 0.3) is 0 Å². The number of carbonyl (C=O) groups excluding carboxylic acids is 1. The second kappa shape index (κ2) is 6.88. The Hall–Kier alpha value is -1.97. The van der Waals surface area contributed by atoms with Gasteiger partial charge in [-0.05, 0) is 63.0 Å². The van der Waals surface area contributed by atoms with Gasteiger partial charge in [0.15, 0.2) is 0 Å². The second-order valence-electron chi connectivity index (χ2n) is 7.93. The van der Waals surface area contributed by atoms with Crippen LogP contribution in [-0.2, 0) is 11.3 Å². The van der Waals surface area contributed by atoms with Crippen LogP contribution in [0.2, 0.25) is 0 Å². The van der Waals surface area contributed by atoms with Crippen molar-refractivity contribution in [3.8, 4) is 0 Å². The summed E-state index contributed by atoms with van der Waals surface area (Å²) in [5, 5.41) is 6.42. The summed E-state index contributed by atoms with van der Waals surface area (Å²) in [6, 6.07) is 8.15. The quantitative estimate of drug-likeness (QED) is 0.791. The van der Waals surface area contributed by atoms with Gasteiger partial charge in [-0.1, -0.05) is 30.4 Å². The number of nitrogens with one attached hydrogen (secondary N) is 2. The largest absolute Gasteiger partial charge is 0.444 e. The summed E-state index contributed by atoms with van der Waals surface area (Å²) in [6.45, 7) is 7.06. The summed E-state index contributed by atoms with van der Waals surface area (Å²) in [5.74, 6) is 2.27. The minimum Gasteiger partial charge on any atom is -0.444 e. The lowest BCUT2D eigenvalue weighted by Crippen LogP contribution is -2.32. The Kier molecular flexibility index (Phi) is 4.83. The van der Waals surface area contributed by atoms with Crippen LogP contribution in [0.5, 0.6) is 0 Å². The highest BCUT2D eigenvalue weighted by molar-refractivity contribution is 5.68. The van der Waals surface area contributed by atoms with E-state index in [1.54, 1.807) is 0 Å². The number of carbonyl (C=O) groups is 1. The maximum atomic E-state index is 11.8. The molecule has 2 bridgehead atoms. The zero-order chi connectivity index (χ0) is 17.2. The van der Waals surface area contributed by atoms with Crippen molar-refractivity contribution < 1.29 is 9.53 Å². The molecule has 0 radical (unpaired) electrons. The lowest BCUT2D eigenvalue weighted by Gasteiger charge is -2.22. The molecule has 4 nitrogen and oxygen atoms in total. The van der Waals surface area contributed by atoms with Crippen molar-refractivity contribution in [1.82, 2.24) is 5.32 Å². The number of alkyl carbamates (subject to hydrolysis) is 1. The predicted molar refractivity (Wildman–Crippen MR) is 96.8 cm³/mol. The van der Waals surface area contributed by atoms with Crippen LogP contribution < -0.4 is 10.6 Å². The van der Waals surface area contributed by atoms with E-state index in [4.69, 9.17) is 4.74 Å². The van der Waals surface area contributed by atoms with Gasteiger partial charge in [0, 0.05) is 18.8 Å². The molecule has 0 spiro atoms. The normalized spacial score (nSPS) is 24.9. The van der Waals surface area contributed by atoms with Gasteiger partial charge in [0.25, 0.3) is 0 Å². The average molecular weight is 328 g/mol. The molecular weight excluding hydrogens is 300 g/mol. The van der Waals surface area contributed by atoms with Gasteiger partial charge in [0.2, 0.25) is 0 Å². The molecule has 3 atom stereocenters. The molecule has 0 saturated heterocycles. The highest BCUT2D eigenvalue weighted by Gasteiger charge is 2.35. The fourth-order valence-corrected chi connectivity index (χ4v) is 3.70. The van der Waals surface area contributed by atoms with Crippen molar-refractivity contribution in [2.45, 2.75) is 45.8 Å². The Labute approximate surface area is 144 Å². The predicted octanol–water partition coefficient (Wildman–Crippen LogP) is 4.34. The summed E-state index contributed by atoms with van der Waals surface area (Å²) in [4.78, 5) is 11.8. The SMILES string of the molecule is CC(C)(C)OC(=O)NCc1ccccc1NCC1CC2C=CC1C2. The number of para-hydroxylation sites is 1. The molecule has 130 valence electrons. The van der Waals surface area contributed by atoms with Crippen molar-refractivity contribution in [2.24, 2.45) is 17.8 Å². The fraction of sp³-hybridized carbons (Fsp3) is 0.550. The minimum absolute atomic E-state index is 0.379. The van der Waals surface area contributed by atoms with Crippen LogP contribution in [0.4, 0.5) is 10.5 Å². The number of anilines is 1. The Morgan fingerprint density at radius 2 is 2.00 bits per heavy atom. The van der Waals surface area contributed by atoms with Crippen molar-refractivity contribution in [3.63, 3.8) is 0 Å². The molecule has 0 heterocycles. The maximum absolute atomic E-state index is 11.8. The number of hydrogen-bond acceptors (Lipinski definition) is 3. The van der Waals surface area contributed by atoms with E-state index in [0.717, 1.165) is 35.5 Å². The van der Waals surface area contributed by atoms with Crippen molar-refractivity contribution in [3.05, 3.63) is 42.0 Å². The molecule has 1 aromatic rings. The summed E-state index contributed by atoms with van der Waals surface area (Å²) >= 11 is 0. The van der Waals surface area contributed by atoms with Gasteiger partial charge < -0.3 is 15.4 Å². The minimum atomic E-state index is -0.475.